The second kappa shape index (κ2) is 11.7. The van der Waals surface area contributed by atoms with Crippen molar-refractivity contribution in [2.75, 3.05) is 17.2 Å². The minimum absolute atomic E-state index is 0.00298. The Morgan fingerprint density at radius 3 is 2.62 bits per heavy atom. The van der Waals surface area contributed by atoms with Crippen LogP contribution in [0, 0.1) is 17.1 Å². The number of nitrogens with one attached hydrogen (secondary N) is 5. The van der Waals surface area contributed by atoms with Crippen LogP contribution in [0.1, 0.15) is 56.7 Å². The molecule has 0 saturated heterocycles. The summed E-state index contributed by atoms with van der Waals surface area (Å²) in [5.74, 6) is -0.335. The third kappa shape index (κ3) is 6.03. The van der Waals surface area contributed by atoms with E-state index in [1.165, 1.54) is 12.1 Å². The predicted octanol–water partition coefficient (Wildman–Crippen LogP) is 6.17. The van der Waals surface area contributed by atoms with Crippen molar-refractivity contribution < 1.29 is 14.0 Å². The topological polar surface area (TPSA) is 123 Å². The fourth-order valence-electron chi connectivity index (χ4n) is 4.59. The number of amides is 2. The number of carbonyl (C=O) groups is 2. The van der Waals surface area contributed by atoms with E-state index in [1.54, 1.807) is 19.1 Å². The van der Waals surface area contributed by atoms with Crippen LogP contribution >= 0.6 is 0 Å². The molecule has 0 spiro atoms. The number of anilines is 2. The lowest BCUT2D eigenvalue weighted by Crippen LogP contribution is -2.33. The molecule has 8 nitrogen and oxygen atoms in total. The smallest absolute Gasteiger partial charge is 0.270 e. The van der Waals surface area contributed by atoms with Crippen molar-refractivity contribution in [2.24, 2.45) is 5.92 Å². The highest BCUT2D eigenvalue weighted by molar-refractivity contribution is 6.45. The summed E-state index contributed by atoms with van der Waals surface area (Å²) in [5.41, 5.74) is 4.08. The molecular weight excluding hydrogens is 507 g/mol. The quantitative estimate of drug-likeness (QED) is 0.115. The number of hydrogen-bond donors (Lipinski definition) is 5. The second-order valence-electron chi connectivity index (χ2n) is 10.3. The fourth-order valence-corrected chi connectivity index (χ4v) is 4.59. The van der Waals surface area contributed by atoms with Crippen LogP contribution in [0.5, 0.6) is 0 Å². The maximum absolute atomic E-state index is 13.7. The van der Waals surface area contributed by atoms with Gasteiger partial charge in [-0.2, -0.15) is 5.10 Å². The van der Waals surface area contributed by atoms with Gasteiger partial charge in [0.25, 0.3) is 5.91 Å². The molecule has 1 atom stereocenters. The molecule has 4 aromatic rings. The van der Waals surface area contributed by atoms with Crippen molar-refractivity contribution in [1.82, 2.24) is 15.5 Å². The number of benzene rings is 3. The summed E-state index contributed by atoms with van der Waals surface area (Å²) in [5, 5.41) is 26.0. The zero-order chi connectivity index (χ0) is 28.2. The SMILES string of the molecule is CCCCNc1ccc(-c2ccc3c(NC(=O)C4CC4)n[nH]c3c2)cc1C(=N)C(=O)NC(C)c1cccc(F)c1. The van der Waals surface area contributed by atoms with Gasteiger partial charge in [0.15, 0.2) is 5.82 Å². The number of hydrogen-bond acceptors (Lipinski definition) is 5. The largest absolute Gasteiger partial charge is 0.384 e. The van der Waals surface area contributed by atoms with Gasteiger partial charge in [-0.25, -0.2) is 4.39 Å². The Morgan fingerprint density at radius 2 is 1.88 bits per heavy atom. The maximum Gasteiger partial charge on any atom is 0.270 e. The summed E-state index contributed by atoms with van der Waals surface area (Å²) < 4.78 is 13.7. The van der Waals surface area contributed by atoms with E-state index in [9.17, 15) is 14.0 Å². The highest BCUT2D eigenvalue weighted by Gasteiger charge is 2.30. The predicted molar refractivity (Wildman–Crippen MR) is 156 cm³/mol. The van der Waals surface area contributed by atoms with Crippen molar-refractivity contribution >= 4 is 39.9 Å². The molecule has 1 aromatic heterocycles. The number of H-pyrrole nitrogens is 1. The van der Waals surface area contributed by atoms with E-state index in [2.05, 4.69) is 33.1 Å². The molecule has 1 fully saturated rings. The molecule has 3 aromatic carbocycles. The van der Waals surface area contributed by atoms with E-state index >= 15 is 0 Å². The van der Waals surface area contributed by atoms with Gasteiger partial charge in [0.1, 0.15) is 11.5 Å². The lowest BCUT2D eigenvalue weighted by Gasteiger charge is -2.18. The van der Waals surface area contributed by atoms with Gasteiger partial charge in [-0.05, 0) is 79.3 Å². The Morgan fingerprint density at radius 1 is 1.10 bits per heavy atom. The summed E-state index contributed by atoms with van der Waals surface area (Å²) in [6.45, 7) is 4.58. The number of aromatic amines is 1. The van der Waals surface area contributed by atoms with Crippen LogP contribution in [0.2, 0.25) is 0 Å². The summed E-state index contributed by atoms with van der Waals surface area (Å²) in [6, 6.07) is 17.0. The molecular formula is C31H33FN6O2. The Bertz CT molecular complexity index is 1580. The van der Waals surface area contributed by atoms with E-state index < -0.39 is 11.9 Å². The van der Waals surface area contributed by atoms with E-state index in [0.29, 0.717) is 29.2 Å². The number of carbonyl (C=O) groups excluding carboxylic acids is 2. The van der Waals surface area contributed by atoms with Crippen molar-refractivity contribution in [3.63, 3.8) is 0 Å². The average molecular weight is 541 g/mol. The van der Waals surface area contributed by atoms with Crippen LogP contribution in [0.25, 0.3) is 22.0 Å². The normalized spacial score (nSPS) is 13.6. The Kier molecular flexibility index (Phi) is 7.91. The van der Waals surface area contributed by atoms with Crippen LogP contribution in [0.3, 0.4) is 0 Å². The molecule has 1 heterocycles. The van der Waals surface area contributed by atoms with Crippen LogP contribution in [0.4, 0.5) is 15.9 Å². The lowest BCUT2D eigenvalue weighted by atomic mass is 9.97. The minimum Gasteiger partial charge on any atom is -0.384 e. The van der Waals surface area contributed by atoms with E-state index in [0.717, 1.165) is 47.7 Å². The summed E-state index contributed by atoms with van der Waals surface area (Å²) >= 11 is 0. The van der Waals surface area contributed by atoms with Crippen molar-refractivity contribution in [3.05, 3.63) is 77.6 Å². The molecule has 5 N–H and O–H groups in total. The minimum atomic E-state index is -0.549. The van der Waals surface area contributed by atoms with Gasteiger partial charge in [-0.3, -0.25) is 20.1 Å². The molecule has 40 heavy (non-hydrogen) atoms. The molecule has 0 bridgehead atoms. The molecule has 0 radical (unpaired) electrons. The number of nitrogens with zero attached hydrogens (tertiary/aromatic N) is 1. The van der Waals surface area contributed by atoms with Crippen LogP contribution in [0.15, 0.2) is 60.7 Å². The molecule has 1 saturated carbocycles. The maximum atomic E-state index is 13.7. The van der Waals surface area contributed by atoms with Crippen molar-refractivity contribution in [3.8, 4) is 11.1 Å². The van der Waals surface area contributed by atoms with Gasteiger partial charge >= 0.3 is 0 Å². The number of aromatic nitrogens is 2. The van der Waals surface area contributed by atoms with Crippen LogP contribution in [-0.2, 0) is 9.59 Å². The zero-order valence-corrected chi connectivity index (χ0v) is 22.6. The first-order valence-corrected chi connectivity index (χ1v) is 13.7. The van der Waals surface area contributed by atoms with Crippen molar-refractivity contribution in [1.29, 1.82) is 5.41 Å². The lowest BCUT2D eigenvalue weighted by molar-refractivity contribution is -0.117. The second-order valence-corrected chi connectivity index (χ2v) is 10.3. The van der Waals surface area contributed by atoms with Crippen LogP contribution in [-0.4, -0.2) is 34.3 Å². The molecule has 1 unspecified atom stereocenters. The third-order valence-electron chi connectivity index (χ3n) is 7.14. The van der Waals surface area contributed by atoms with Crippen LogP contribution < -0.4 is 16.0 Å². The summed E-state index contributed by atoms with van der Waals surface area (Å²) in [4.78, 5) is 25.4. The molecule has 9 heteroatoms. The standard InChI is InChI=1S/C31H33FN6O2/c1-3-4-14-34-26-13-11-21(16-25(26)28(33)31(40)35-18(2)20-6-5-7-23(32)15-20)22-10-12-24-27(17-22)37-38-29(24)36-30(39)19-8-9-19/h5-7,10-13,15-19,33-34H,3-4,8-9,14H2,1-2H3,(H,35,40)(H2,36,37,38,39). The molecule has 5 rings (SSSR count). The summed E-state index contributed by atoms with van der Waals surface area (Å²) in [6.07, 6.45) is 3.80. The Balaban J connectivity index is 1.41. The highest BCUT2D eigenvalue weighted by atomic mass is 19.1. The molecule has 206 valence electrons. The summed E-state index contributed by atoms with van der Waals surface area (Å²) in [7, 11) is 0. The van der Waals surface area contributed by atoms with Gasteiger partial charge in [0.2, 0.25) is 5.91 Å². The molecule has 2 amide bonds. The number of halogens is 1. The van der Waals surface area contributed by atoms with Gasteiger partial charge in [0, 0.05) is 29.1 Å². The van der Waals surface area contributed by atoms with E-state index in [4.69, 9.17) is 5.41 Å². The van der Waals surface area contributed by atoms with Gasteiger partial charge < -0.3 is 16.0 Å². The first-order chi connectivity index (χ1) is 19.3. The monoisotopic (exact) mass is 540 g/mol. The van der Waals surface area contributed by atoms with Crippen molar-refractivity contribution in [2.45, 2.75) is 45.6 Å². The molecule has 1 aliphatic carbocycles. The fraction of sp³-hybridized carbons (Fsp3) is 0.290. The van der Waals surface area contributed by atoms with Gasteiger partial charge in [-0.15, -0.1) is 0 Å². The zero-order valence-electron chi connectivity index (χ0n) is 22.6. The third-order valence-corrected chi connectivity index (χ3v) is 7.14. The van der Waals surface area contributed by atoms with Gasteiger partial charge in [-0.1, -0.05) is 37.6 Å². The molecule has 0 aliphatic heterocycles. The first kappa shape index (κ1) is 27.1. The average Bonchev–Trinajstić information content (AvgIpc) is 3.74. The number of rotatable bonds is 11. The first-order valence-electron chi connectivity index (χ1n) is 13.7. The molecule has 1 aliphatic rings. The van der Waals surface area contributed by atoms with E-state index in [1.807, 2.05) is 36.4 Å². The van der Waals surface area contributed by atoms with E-state index in [-0.39, 0.29) is 23.4 Å². The number of fused-ring (bicyclic) bond motifs is 1. The Labute approximate surface area is 232 Å². The number of unbranched alkanes of at least 4 members (excludes halogenated alkanes) is 1. The Hall–Kier alpha value is -4.53. The highest BCUT2D eigenvalue weighted by Crippen LogP contribution is 2.33. The van der Waals surface area contributed by atoms with Gasteiger partial charge in [0.05, 0.1) is 11.6 Å².